The molecule has 0 spiro atoms. The quantitative estimate of drug-likeness (QED) is 0.676. The van der Waals surface area contributed by atoms with Crippen LogP contribution in [0.1, 0.15) is 34.6 Å². The Bertz CT molecular complexity index is 951. The molecule has 2 N–H and O–H groups in total. The minimum atomic E-state index is 0. The van der Waals surface area contributed by atoms with Gasteiger partial charge in [-0.2, -0.15) is 5.10 Å². The summed E-state index contributed by atoms with van der Waals surface area (Å²) in [6, 6.07) is 9.68. The highest BCUT2D eigenvalue weighted by Crippen LogP contribution is 2.32. The van der Waals surface area contributed by atoms with E-state index < -0.39 is 0 Å². The molecule has 3 aromatic rings. The van der Waals surface area contributed by atoms with Gasteiger partial charge in [-0.1, -0.05) is 11.6 Å². The van der Waals surface area contributed by atoms with Crippen molar-refractivity contribution >= 4 is 51.5 Å². The fourth-order valence-corrected chi connectivity index (χ4v) is 4.83. The van der Waals surface area contributed by atoms with Crippen LogP contribution in [0.5, 0.6) is 0 Å². The number of piperidine rings is 1. The third-order valence-electron chi connectivity index (χ3n) is 4.99. The van der Waals surface area contributed by atoms with Crippen molar-refractivity contribution < 1.29 is 4.79 Å². The first-order chi connectivity index (χ1) is 12.6. The average molecular weight is 425 g/mol. The summed E-state index contributed by atoms with van der Waals surface area (Å²) >= 11 is 7.49. The van der Waals surface area contributed by atoms with E-state index >= 15 is 0 Å². The van der Waals surface area contributed by atoms with Crippen molar-refractivity contribution in [2.75, 3.05) is 13.1 Å². The van der Waals surface area contributed by atoms with Gasteiger partial charge >= 0.3 is 0 Å². The van der Waals surface area contributed by atoms with E-state index in [4.69, 9.17) is 17.3 Å². The molecular weight excluding hydrogens is 403 g/mol. The minimum absolute atomic E-state index is 0. The van der Waals surface area contributed by atoms with Gasteiger partial charge in [0.05, 0.1) is 16.3 Å². The first-order valence-corrected chi connectivity index (χ1v) is 10.0. The van der Waals surface area contributed by atoms with Crippen LogP contribution in [0.15, 0.2) is 30.3 Å². The molecule has 1 amide bonds. The smallest absolute Gasteiger partial charge is 0.264 e. The van der Waals surface area contributed by atoms with Gasteiger partial charge in [0.15, 0.2) is 0 Å². The average Bonchev–Trinajstić information content (AvgIpc) is 3.23. The number of thiophene rings is 1. The normalized spacial score (nSPS) is 17.1. The molecule has 144 valence electrons. The fraction of sp³-hybridized carbons (Fsp3) is 0.368. The van der Waals surface area contributed by atoms with Crippen LogP contribution in [0.4, 0.5) is 0 Å². The molecular formula is C19H22Cl2N4OS. The molecule has 27 heavy (non-hydrogen) atoms. The van der Waals surface area contributed by atoms with Crippen LogP contribution in [0.25, 0.3) is 15.9 Å². The zero-order valence-electron chi connectivity index (χ0n) is 15.0. The molecule has 4 rings (SSSR count). The van der Waals surface area contributed by atoms with Crippen molar-refractivity contribution in [2.45, 2.75) is 32.2 Å². The summed E-state index contributed by atoms with van der Waals surface area (Å²) in [6.07, 6.45) is 3.18. The van der Waals surface area contributed by atoms with Gasteiger partial charge in [0, 0.05) is 29.5 Å². The van der Waals surface area contributed by atoms with Crippen LogP contribution in [-0.2, 0) is 0 Å². The summed E-state index contributed by atoms with van der Waals surface area (Å²) in [5, 5.41) is 6.34. The lowest BCUT2D eigenvalue weighted by Crippen LogP contribution is -2.47. The number of amides is 1. The zero-order valence-corrected chi connectivity index (χ0v) is 17.4. The van der Waals surface area contributed by atoms with Crippen molar-refractivity contribution in [3.8, 4) is 5.69 Å². The molecule has 3 heterocycles. The second kappa shape index (κ2) is 8.19. The number of nitrogens with zero attached hydrogens (tertiary/aromatic N) is 3. The van der Waals surface area contributed by atoms with E-state index in [1.54, 1.807) is 0 Å². The van der Waals surface area contributed by atoms with E-state index in [1.807, 2.05) is 46.8 Å². The van der Waals surface area contributed by atoms with E-state index in [0.29, 0.717) is 11.6 Å². The van der Waals surface area contributed by atoms with Crippen molar-refractivity contribution in [3.05, 3.63) is 45.9 Å². The van der Waals surface area contributed by atoms with Crippen LogP contribution in [-0.4, -0.2) is 39.7 Å². The molecule has 1 aliphatic heterocycles. The van der Waals surface area contributed by atoms with Crippen LogP contribution in [0.2, 0.25) is 5.02 Å². The van der Waals surface area contributed by atoms with Gasteiger partial charge < -0.3 is 10.6 Å². The Balaban J connectivity index is 0.00000210. The van der Waals surface area contributed by atoms with E-state index in [-0.39, 0.29) is 24.4 Å². The highest BCUT2D eigenvalue weighted by atomic mass is 35.5. The first-order valence-electron chi connectivity index (χ1n) is 8.84. The maximum Gasteiger partial charge on any atom is 0.264 e. The van der Waals surface area contributed by atoms with Crippen molar-refractivity contribution in [3.63, 3.8) is 0 Å². The standard InChI is InChI=1S/C19H21ClN4OS.ClH/c1-12-16-10-17(18(25)23-9-3-2-4-15(23)11-21)26-19(16)24(22-12)14-7-5-13(20)6-8-14;/h5-8,10,15H,2-4,9,11,21H2,1H3;1H. The summed E-state index contributed by atoms with van der Waals surface area (Å²) in [7, 11) is 0. The van der Waals surface area contributed by atoms with Crippen molar-refractivity contribution in [2.24, 2.45) is 5.73 Å². The lowest BCUT2D eigenvalue weighted by atomic mass is 10.0. The van der Waals surface area contributed by atoms with Gasteiger partial charge in [-0.05, 0) is 56.5 Å². The molecule has 8 heteroatoms. The number of carbonyl (C=O) groups excluding carboxylic acids is 1. The van der Waals surface area contributed by atoms with Crippen molar-refractivity contribution in [1.82, 2.24) is 14.7 Å². The molecule has 0 saturated carbocycles. The number of benzene rings is 1. The van der Waals surface area contributed by atoms with Gasteiger partial charge in [0.1, 0.15) is 4.83 Å². The molecule has 0 radical (unpaired) electrons. The molecule has 1 fully saturated rings. The number of fused-ring (bicyclic) bond motifs is 1. The fourth-order valence-electron chi connectivity index (χ4n) is 3.56. The Morgan fingerprint density at radius 2 is 2.07 bits per heavy atom. The SMILES string of the molecule is Cc1nn(-c2ccc(Cl)cc2)c2sc(C(=O)N3CCCCC3CN)cc12.Cl. The van der Waals surface area contributed by atoms with E-state index in [9.17, 15) is 4.79 Å². The summed E-state index contributed by atoms with van der Waals surface area (Å²) in [4.78, 5) is 16.8. The van der Waals surface area contributed by atoms with Gasteiger partial charge in [0.25, 0.3) is 5.91 Å². The Morgan fingerprint density at radius 1 is 1.33 bits per heavy atom. The Morgan fingerprint density at radius 3 is 2.78 bits per heavy atom. The number of hydrogen-bond donors (Lipinski definition) is 1. The van der Waals surface area contributed by atoms with Crippen LogP contribution in [0.3, 0.4) is 0 Å². The molecule has 1 unspecified atom stereocenters. The van der Waals surface area contributed by atoms with E-state index in [1.165, 1.54) is 11.3 Å². The van der Waals surface area contributed by atoms with Gasteiger partial charge in [-0.25, -0.2) is 4.68 Å². The molecule has 1 saturated heterocycles. The predicted molar refractivity (Wildman–Crippen MR) is 114 cm³/mol. The van der Waals surface area contributed by atoms with Gasteiger partial charge in [-0.3, -0.25) is 4.79 Å². The highest BCUT2D eigenvalue weighted by Gasteiger charge is 2.28. The maximum atomic E-state index is 13.1. The second-order valence-electron chi connectivity index (χ2n) is 6.69. The molecule has 1 atom stereocenters. The maximum absolute atomic E-state index is 13.1. The van der Waals surface area contributed by atoms with Crippen LogP contribution >= 0.6 is 35.3 Å². The third-order valence-corrected chi connectivity index (χ3v) is 6.34. The lowest BCUT2D eigenvalue weighted by Gasteiger charge is -2.34. The number of likely N-dealkylation sites (tertiary alicyclic amines) is 1. The second-order valence-corrected chi connectivity index (χ2v) is 8.15. The number of rotatable bonds is 3. The summed E-state index contributed by atoms with van der Waals surface area (Å²) in [6.45, 7) is 3.28. The monoisotopic (exact) mass is 424 g/mol. The summed E-state index contributed by atoms with van der Waals surface area (Å²) in [5.74, 6) is 0.0865. The van der Waals surface area contributed by atoms with Gasteiger partial charge in [-0.15, -0.1) is 23.7 Å². The van der Waals surface area contributed by atoms with Crippen LogP contribution < -0.4 is 5.73 Å². The van der Waals surface area contributed by atoms with E-state index in [2.05, 4.69) is 5.10 Å². The molecule has 2 aromatic heterocycles. The third kappa shape index (κ3) is 3.72. The summed E-state index contributed by atoms with van der Waals surface area (Å²) < 4.78 is 1.89. The lowest BCUT2D eigenvalue weighted by molar-refractivity contribution is 0.0628. The predicted octanol–water partition coefficient (Wildman–Crippen LogP) is 4.42. The highest BCUT2D eigenvalue weighted by molar-refractivity contribution is 7.20. The van der Waals surface area contributed by atoms with Gasteiger partial charge in [0.2, 0.25) is 0 Å². The number of aryl methyl sites for hydroxylation is 1. The Kier molecular flexibility index (Phi) is 6.11. The zero-order chi connectivity index (χ0) is 18.3. The summed E-state index contributed by atoms with van der Waals surface area (Å²) in [5.41, 5.74) is 7.74. The largest absolute Gasteiger partial charge is 0.334 e. The topological polar surface area (TPSA) is 64.2 Å². The number of aromatic nitrogens is 2. The Hall–Kier alpha value is -1.60. The number of carbonyl (C=O) groups is 1. The molecule has 1 aliphatic rings. The number of nitrogens with two attached hydrogens (primary N) is 1. The molecule has 1 aromatic carbocycles. The first kappa shape index (κ1) is 20.1. The van der Waals surface area contributed by atoms with E-state index in [0.717, 1.165) is 52.3 Å². The Labute approximate surface area is 173 Å². The molecule has 5 nitrogen and oxygen atoms in total. The minimum Gasteiger partial charge on any atom is -0.334 e. The molecule has 0 bridgehead atoms. The number of halogens is 2. The number of hydrogen-bond acceptors (Lipinski definition) is 4. The van der Waals surface area contributed by atoms with Crippen LogP contribution in [0, 0.1) is 6.92 Å². The van der Waals surface area contributed by atoms with Crippen molar-refractivity contribution in [1.29, 1.82) is 0 Å². The molecule has 0 aliphatic carbocycles.